The molecule has 0 amide bonds. The molecule has 3 rings (SSSR count). The van der Waals surface area contributed by atoms with Crippen molar-refractivity contribution in [2.24, 2.45) is 11.8 Å². The number of hydrogen-bond donors (Lipinski definition) is 0. The van der Waals surface area contributed by atoms with E-state index in [2.05, 4.69) is 56.4 Å². The van der Waals surface area contributed by atoms with Crippen LogP contribution >= 0.6 is 0 Å². The Morgan fingerprint density at radius 2 is 1.14 bits per heavy atom. The smallest absolute Gasteiger partial charge is 0.0702 e. The average molecular weight is 476 g/mol. The maximum absolute atomic E-state index is 4.76. The van der Waals surface area contributed by atoms with Crippen LogP contribution in [0.25, 0.3) is 11.3 Å². The third-order valence-corrected chi connectivity index (χ3v) is 8.42. The van der Waals surface area contributed by atoms with Gasteiger partial charge in [0.1, 0.15) is 0 Å². The Hall–Kier alpha value is -1.63. The highest BCUT2D eigenvalue weighted by Crippen LogP contribution is 2.34. The van der Waals surface area contributed by atoms with E-state index in [0.717, 1.165) is 24.0 Å². The van der Waals surface area contributed by atoms with E-state index < -0.39 is 0 Å². The van der Waals surface area contributed by atoms with Gasteiger partial charge in [0.2, 0.25) is 0 Å². The van der Waals surface area contributed by atoms with Gasteiger partial charge in [0.25, 0.3) is 0 Å². The van der Waals surface area contributed by atoms with Crippen molar-refractivity contribution in [3.63, 3.8) is 0 Å². The van der Waals surface area contributed by atoms with Crippen molar-refractivity contribution in [3.05, 3.63) is 53.7 Å². The first-order valence-corrected chi connectivity index (χ1v) is 15.3. The zero-order valence-electron chi connectivity index (χ0n) is 23.1. The monoisotopic (exact) mass is 475 g/mol. The van der Waals surface area contributed by atoms with Gasteiger partial charge in [0, 0.05) is 11.8 Å². The molecule has 1 aromatic heterocycles. The number of unbranched alkanes of at least 4 members (excludes halogenated alkanes) is 9. The summed E-state index contributed by atoms with van der Waals surface area (Å²) in [6, 6.07) is 13.7. The standard InChI is InChI=1S/C34H53N/c1-3-5-7-9-11-12-14-29-16-18-30(19-17-29)20-21-31-22-25-33(26-23-31)34-27-24-32(28-35-34)15-13-10-8-6-4-2/h22-30H,3-21H2,1-2H3/t29-,30-. The Balaban J connectivity index is 1.31. The van der Waals surface area contributed by atoms with Gasteiger partial charge in [-0.25, -0.2) is 0 Å². The Bertz CT molecular complexity index is 767. The molecule has 0 atom stereocenters. The van der Waals surface area contributed by atoms with Gasteiger partial charge in [-0.05, 0) is 54.7 Å². The molecule has 1 heteroatoms. The molecule has 1 heterocycles. The summed E-state index contributed by atoms with van der Waals surface area (Å²) in [5.74, 6) is 1.98. The average Bonchev–Trinajstić information content (AvgIpc) is 2.91. The molecule has 0 unspecified atom stereocenters. The molecule has 0 bridgehead atoms. The Morgan fingerprint density at radius 1 is 0.571 bits per heavy atom. The van der Waals surface area contributed by atoms with Crippen molar-refractivity contribution in [1.29, 1.82) is 0 Å². The third-order valence-electron chi connectivity index (χ3n) is 8.42. The van der Waals surface area contributed by atoms with E-state index >= 15 is 0 Å². The lowest BCUT2D eigenvalue weighted by atomic mass is 9.77. The van der Waals surface area contributed by atoms with Crippen molar-refractivity contribution >= 4 is 0 Å². The number of rotatable bonds is 17. The summed E-state index contributed by atoms with van der Waals surface area (Å²) in [6.07, 6.45) is 28.6. The second-order valence-corrected chi connectivity index (χ2v) is 11.4. The second kappa shape index (κ2) is 16.9. The minimum absolute atomic E-state index is 0.951. The van der Waals surface area contributed by atoms with Gasteiger partial charge < -0.3 is 0 Å². The number of hydrogen-bond acceptors (Lipinski definition) is 1. The van der Waals surface area contributed by atoms with Crippen molar-refractivity contribution < 1.29 is 0 Å². The SMILES string of the molecule is CCCCCCCC[C@H]1CC[C@H](CCc2ccc(-c3ccc(CCCCCCC)cn3)cc2)CC1. The highest BCUT2D eigenvalue weighted by atomic mass is 14.7. The van der Waals surface area contributed by atoms with E-state index in [1.54, 1.807) is 0 Å². The minimum Gasteiger partial charge on any atom is -0.256 e. The molecule has 0 radical (unpaired) electrons. The van der Waals surface area contributed by atoms with Crippen LogP contribution < -0.4 is 0 Å². The molecule has 0 N–H and O–H groups in total. The van der Waals surface area contributed by atoms with E-state index in [1.165, 1.54) is 132 Å². The van der Waals surface area contributed by atoms with Gasteiger partial charge in [-0.2, -0.15) is 0 Å². The molecule has 0 saturated heterocycles. The van der Waals surface area contributed by atoms with Crippen LogP contribution in [0.5, 0.6) is 0 Å². The quantitative estimate of drug-likeness (QED) is 0.207. The highest BCUT2D eigenvalue weighted by Gasteiger charge is 2.20. The number of aromatic nitrogens is 1. The molecule has 1 fully saturated rings. The molecule has 35 heavy (non-hydrogen) atoms. The van der Waals surface area contributed by atoms with Crippen LogP contribution in [0.2, 0.25) is 0 Å². The normalized spacial score (nSPS) is 18.1. The highest BCUT2D eigenvalue weighted by molar-refractivity contribution is 5.59. The van der Waals surface area contributed by atoms with Gasteiger partial charge >= 0.3 is 0 Å². The predicted molar refractivity (Wildman–Crippen MR) is 154 cm³/mol. The lowest BCUT2D eigenvalue weighted by molar-refractivity contribution is 0.248. The van der Waals surface area contributed by atoms with Crippen LogP contribution in [0.4, 0.5) is 0 Å². The molecule has 1 aliphatic rings. The lowest BCUT2D eigenvalue weighted by Gasteiger charge is -2.28. The van der Waals surface area contributed by atoms with E-state index in [9.17, 15) is 0 Å². The molecular formula is C34H53N. The van der Waals surface area contributed by atoms with Crippen LogP contribution in [-0.4, -0.2) is 4.98 Å². The van der Waals surface area contributed by atoms with Crippen molar-refractivity contribution in [3.8, 4) is 11.3 Å². The van der Waals surface area contributed by atoms with E-state index in [1.807, 2.05) is 0 Å². The fourth-order valence-electron chi connectivity index (χ4n) is 5.91. The first-order valence-electron chi connectivity index (χ1n) is 15.3. The molecule has 0 aliphatic heterocycles. The number of aryl methyl sites for hydroxylation is 2. The van der Waals surface area contributed by atoms with Crippen molar-refractivity contribution in [1.82, 2.24) is 4.98 Å². The molecule has 1 aliphatic carbocycles. The van der Waals surface area contributed by atoms with Gasteiger partial charge in [-0.3, -0.25) is 4.98 Å². The van der Waals surface area contributed by atoms with E-state index in [0.29, 0.717) is 0 Å². The van der Waals surface area contributed by atoms with E-state index in [4.69, 9.17) is 4.98 Å². The number of pyridine rings is 1. The molecule has 0 spiro atoms. The molecule has 1 nitrogen and oxygen atoms in total. The van der Waals surface area contributed by atoms with Crippen LogP contribution in [0, 0.1) is 11.8 Å². The third kappa shape index (κ3) is 10.9. The zero-order valence-corrected chi connectivity index (χ0v) is 23.1. The molecule has 194 valence electrons. The van der Waals surface area contributed by atoms with Gasteiger partial charge in [0.15, 0.2) is 0 Å². The maximum Gasteiger partial charge on any atom is 0.0702 e. The van der Waals surface area contributed by atoms with E-state index in [-0.39, 0.29) is 0 Å². The lowest BCUT2D eigenvalue weighted by Crippen LogP contribution is -2.15. The summed E-state index contributed by atoms with van der Waals surface area (Å²) < 4.78 is 0. The van der Waals surface area contributed by atoms with Crippen molar-refractivity contribution in [2.75, 3.05) is 0 Å². The Morgan fingerprint density at radius 3 is 1.77 bits per heavy atom. The summed E-state index contributed by atoms with van der Waals surface area (Å²) in [6.45, 7) is 4.58. The summed E-state index contributed by atoms with van der Waals surface area (Å²) in [5.41, 5.74) is 5.23. The molecular weight excluding hydrogens is 422 g/mol. The zero-order chi connectivity index (χ0) is 24.6. The Kier molecular flexibility index (Phi) is 13.5. The minimum atomic E-state index is 0.951. The predicted octanol–water partition coefficient (Wildman–Crippen LogP) is 10.8. The van der Waals surface area contributed by atoms with Crippen LogP contribution in [0.15, 0.2) is 42.6 Å². The fourth-order valence-corrected chi connectivity index (χ4v) is 5.91. The molecule has 2 aromatic rings. The van der Waals surface area contributed by atoms with Crippen LogP contribution in [0.1, 0.15) is 134 Å². The molecule has 1 saturated carbocycles. The molecule has 1 aromatic carbocycles. The topological polar surface area (TPSA) is 12.9 Å². The summed E-state index contributed by atoms with van der Waals surface area (Å²) >= 11 is 0. The number of benzene rings is 1. The summed E-state index contributed by atoms with van der Waals surface area (Å²) in [5, 5.41) is 0. The van der Waals surface area contributed by atoms with Gasteiger partial charge in [0.05, 0.1) is 5.69 Å². The fraction of sp³-hybridized carbons (Fsp3) is 0.676. The van der Waals surface area contributed by atoms with Gasteiger partial charge in [-0.15, -0.1) is 0 Å². The van der Waals surface area contributed by atoms with Gasteiger partial charge in [-0.1, -0.05) is 140 Å². The Labute approximate surface area is 217 Å². The first-order chi connectivity index (χ1) is 17.3. The second-order valence-electron chi connectivity index (χ2n) is 11.4. The maximum atomic E-state index is 4.76. The number of nitrogens with zero attached hydrogens (tertiary/aromatic N) is 1. The first kappa shape index (κ1) is 27.9. The van der Waals surface area contributed by atoms with Crippen LogP contribution in [-0.2, 0) is 12.8 Å². The van der Waals surface area contributed by atoms with Crippen LogP contribution in [0.3, 0.4) is 0 Å². The van der Waals surface area contributed by atoms with Crippen molar-refractivity contribution in [2.45, 2.75) is 136 Å². The largest absolute Gasteiger partial charge is 0.256 e. The summed E-state index contributed by atoms with van der Waals surface area (Å²) in [4.78, 5) is 4.76. The summed E-state index contributed by atoms with van der Waals surface area (Å²) in [7, 11) is 0.